The van der Waals surface area contributed by atoms with Crippen LogP contribution in [0.25, 0.3) is 10.1 Å². The molecule has 2 rings (SSSR count). The average Bonchev–Trinajstić information content (AvgIpc) is 2.68. The Morgan fingerprint density at radius 1 is 1.44 bits per heavy atom. The summed E-state index contributed by atoms with van der Waals surface area (Å²) in [6, 6.07) is 3.73. The fraction of sp³-hybridized carbons (Fsp3) is 0.308. The van der Waals surface area contributed by atoms with Crippen molar-refractivity contribution < 1.29 is 9.53 Å². The van der Waals surface area contributed by atoms with Crippen LogP contribution >= 0.6 is 22.9 Å². The molecule has 1 aromatic carbocycles. The van der Waals surface area contributed by atoms with Crippen LogP contribution in [0.3, 0.4) is 0 Å². The van der Waals surface area contributed by atoms with Crippen molar-refractivity contribution in [2.45, 2.75) is 20.3 Å². The van der Waals surface area contributed by atoms with Crippen molar-refractivity contribution in [3.8, 4) is 0 Å². The van der Waals surface area contributed by atoms with Gasteiger partial charge in [-0.1, -0.05) is 18.5 Å². The SMILES string of the molecule is CCOC(=O)c1sc2ccc(Cl)c(CC)c2c1N. The lowest BCUT2D eigenvalue weighted by Crippen LogP contribution is -2.05. The van der Waals surface area contributed by atoms with Crippen molar-refractivity contribution in [3.63, 3.8) is 0 Å². The molecule has 0 saturated carbocycles. The second kappa shape index (κ2) is 5.16. The standard InChI is InChI=1S/C13H14ClNO2S/c1-3-7-8(14)5-6-9-10(7)11(15)12(18-9)13(16)17-4-2/h5-6H,3-4,15H2,1-2H3. The van der Waals surface area contributed by atoms with Gasteiger partial charge in [0.25, 0.3) is 0 Å². The van der Waals surface area contributed by atoms with E-state index in [4.69, 9.17) is 22.1 Å². The summed E-state index contributed by atoms with van der Waals surface area (Å²) in [6.07, 6.45) is 0.777. The molecule has 96 valence electrons. The summed E-state index contributed by atoms with van der Waals surface area (Å²) in [6.45, 7) is 4.13. The van der Waals surface area contributed by atoms with E-state index in [1.54, 1.807) is 6.92 Å². The van der Waals surface area contributed by atoms with E-state index in [0.29, 0.717) is 22.2 Å². The Balaban J connectivity index is 2.67. The summed E-state index contributed by atoms with van der Waals surface area (Å²) in [5.41, 5.74) is 7.53. The number of carbonyl (C=O) groups is 1. The zero-order valence-electron chi connectivity index (χ0n) is 10.2. The Hall–Kier alpha value is -1.26. The van der Waals surface area contributed by atoms with E-state index in [1.807, 2.05) is 19.1 Å². The topological polar surface area (TPSA) is 52.3 Å². The van der Waals surface area contributed by atoms with E-state index in [1.165, 1.54) is 11.3 Å². The third-order valence-electron chi connectivity index (χ3n) is 2.76. The third kappa shape index (κ3) is 2.06. The number of nitrogens with two attached hydrogens (primary N) is 1. The van der Waals surface area contributed by atoms with Gasteiger partial charge in [-0.3, -0.25) is 0 Å². The molecule has 0 atom stereocenters. The Labute approximate surface area is 114 Å². The molecule has 3 nitrogen and oxygen atoms in total. The van der Waals surface area contributed by atoms with Gasteiger partial charge in [-0.2, -0.15) is 0 Å². The maximum atomic E-state index is 11.8. The first kappa shape index (κ1) is 13.2. The molecule has 1 aromatic heterocycles. The molecule has 1 heterocycles. The van der Waals surface area contributed by atoms with Gasteiger partial charge in [-0.05, 0) is 31.0 Å². The fourth-order valence-corrected chi connectivity index (χ4v) is 3.29. The van der Waals surface area contributed by atoms with Gasteiger partial charge in [-0.15, -0.1) is 11.3 Å². The van der Waals surface area contributed by atoms with Crippen LogP contribution in [0.2, 0.25) is 5.02 Å². The van der Waals surface area contributed by atoms with Gasteiger partial charge in [0.2, 0.25) is 0 Å². The first-order chi connectivity index (χ1) is 8.60. The zero-order chi connectivity index (χ0) is 13.3. The van der Waals surface area contributed by atoms with Crippen molar-refractivity contribution in [1.29, 1.82) is 0 Å². The third-order valence-corrected chi connectivity index (χ3v) is 4.26. The van der Waals surface area contributed by atoms with Crippen LogP contribution in [-0.4, -0.2) is 12.6 Å². The first-order valence-electron chi connectivity index (χ1n) is 5.76. The predicted molar refractivity (Wildman–Crippen MR) is 76.6 cm³/mol. The van der Waals surface area contributed by atoms with Crippen LogP contribution in [-0.2, 0) is 11.2 Å². The molecule has 0 aliphatic carbocycles. The van der Waals surface area contributed by atoms with E-state index in [-0.39, 0.29) is 5.97 Å². The molecule has 2 aromatic rings. The van der Waals surface area contributed by atoms with E-state index in [9.17, 15) is 4.79 Å². The van der Waals surface area contributed by atoms with Crippen molar-refractivity contribution in [3.05, 3.63) is 27.6 Å². The minimum Gasteiger partial charge on any atom is -0.462 e. The highest BCUT2D eigenvalue weighted by atomic mass is 35.5. The summed E-state index contributed by atoms with van der Waals surface area (Å²) in [5, 5.41) is 1.57. The van der Waals surface area contributed by atoms with Gasteiger partial charge >= 0.3 is 5.97 Å². The minimum absolute atomic E-state index is 0.341. The number of thiophene rings is 1. The first-order valence-corrected chi connectivity index (χ1v) is 6.96. The lowest BCUT2D eigenvalue weighted by molar-refractivity contribution is 0.0533. The number of hydrogen-bond acceptors (Lipinski definition) is 4. The van der Waals surface area contributed by atoms with Crippen molar-refractivity contribution in [2.24, 2.45) is 0 Å². The smallest absolute Gasteiger partial charge is 0.350 e. The number of fused-ring (bicyclic) bond motifs is 1. The monoisotopic (exact) mass is 283 g/mol. The molecule has 0 bridgehead atoms. The molecule has 2 N–H and O–H groups in total. The van der Waals surface area contributed by atoms with E-state index in [2.05, 4.69) is 0 Å². The Kier molecular flexibility index (Phi) is 3.78. The second-order valence-corrected chi connectivity index (χ2v) is 5.28. The molecule has 0 fully saturated rings. The Bertz CT molecular complexity index is 607. The van der Waals surface area contributed by atoms with Crippen molar-refractivity contribution in [2.75, 3.05) is 12.3 Å². The van der Waals surface area contributed by atoms with Gasteiger partial charge in [0.05, 0.1) is 12.3 Å². The highest BCUT2D eigenvalue weighted by Crippen LogP contribution is 2.39. The van der Waals surface area contributed by atoms with Gasteiger partial charge in [0, 0.05) is 15.1 Å². The fourth-order valence-electron chi connectivity index (χ4n) is 1.95. The lowest BCUT2D eigenvalue weighted by Gasteiger charge is -2.04. The minimum atomic E-state index is -0.366. The lowest BCUT2D eigenvalue weighted by atomic mass is 10.1. The number of ether oxygens (including phenoxy) is 1. The molecule has 0 aliphatic heterocycles. The Morgan fingerprint density at radius 3 is 2.78 bits per heavy atom. The van der Waals surface area contributed by atoms with Crippen LogP contribution in [0.4, 0.5) is 5.69 Å². The number of hydrogen-bond donors (Lipinski definition) is 1. The average molecular weight is 284 g/mol. The normalized spacial score (nSPS) is 10.8. The van der Waals surface area contributed by atoms with Crippen LogP contribution in [0.5, 0.6) is 0 Å². The molecular formula is C13H14ClNO2S. The number of benzene rings is 1. The van der Waals surface area contributed by atoms with Crippen LogP contribution in [0.15, 0.2) is 12.1 Å². The van der Waals surface area contributed by atoms with Gasteiger partial charge in [0.15, 0.2) is 0 Å². The number of aryl methyl sites for hydroxylation is 1. The number of carbonyl (C=O) groups excluding carboxylic acids is 1. The molecule has 0 spiro atoms. The predicted octanol–water partition coefficient (Wildman–Crippen LogP) is 3.88. The van der Waals surface area contributed by atoms with E-state index < -0.39 is 0 Å². The van der Waals surface area contributed by atoms with E-state index in [0.717, 1.165) is 22.1 Å². The molecule has 0 radical (unpaired) electrons. The molecule has 0 saturated heterocycles. The summed E-state index contributed by atoms with van der Waals surface area (Å²) in [4.78, 5) is 12.3. The summed E-state index contributed by atoms with van der Waals surface area (Å²) in [7, 11) is 0. The summed E-state index contributed by atoms with van der Waals surface area (Å²) in [5.74, 6) is -0.366. The van der Waals surface area contributed by atoms with Gasteiger partial charge in [-0.25, -0.2) is 4.79 Å². The number of halogens is 1. The zero-order valence-corrected chi connectivity index (χ0v) is 11.8. The van der Waals surface area contributed by atoms with Crippen LogP contribution in [0, 0.1) is 0 Å². The van der Waals surface area contributed by atoms with Crippen LogP contribution < -0.4 is 5.73 Å². The highest BCUT2D eigenvalue weighted by Gasteiger charge is 2.20. The Morgan fingerprint density at radius 2 is 2.17 bits per heavy atom. The number of nitrogen functional groups attached to an aromatic ring is 1. The van der Waals surface area contributed by atoms with Crippen molar-refractivity contribution in [1.82, 2.24) is 0 Å². The molecule has 0 amide bonds. The van der Waals surface area contributed by atoms with Gasteiger partial charge < -0.3 is 10.5 Å². The molecule has 0 aliphatic rings. The van der Waals surface area contributed by atoms with E-state index >= 15 is 0 Å². The highest BCUT2D eigenvalue weighted by molar-refractivity contribution is 7.21. The largest absolute Gasteiger partial charge is 0.462 e. The molecule has 0 unspecified atom stereocenters. The number of anilines is 1. The molecular weight excluding hydrogens is 270 g/mol. The maximum absolute atomic E-state index is 11.8. The summed E-state index contributed by atoms with van der Waals surface area (Å²) >= 11 is 7.51. The molecule has 5 heteroatoms. The summed E-state index contributed by atoms with van der Waals surface area (Å²) < 4.78 is 5.97. The number of rotatable bonds is 3. The molecule has 18 heavy (non-hydrogen) atoms. The number of esters is 1. The van der Waals surface area contributed by atoms with Crippen molar-refractivity contribution >= 4 is 44.7 Å². The van der Waals surface area contributed by atoms with Crippen LogP contribution in [0.1, 0.15) is 29.1 Å². The second-order valence-electron chi connectivity index (χ2n) is 3.82. The quantitative estimate of drug-likeness (QED) is 0.870. The van der Waals surface area contributed by atoms with Gasteiger partial charge in [0.1, 0.15) is 4.88 Å². The maximum Gasteiger partial charge on any atom is 0.350 e.